The highest BCUT2D eigenvalue weighted by Crippen LogP contribution is 2.28. The normalized spacial score (nSPS) is 12.2. The van der Waals surface area contributed by atoms with Gasteiger partial charge in [0.25, 0.3) is 0 Å². The highest BCUT2D eigenvalue weighted by molar-refractivity contribution is 7.86. The quantitative estimate of drug-likeness (QED) is 0.773. The van der Waals surface area contributed by atoms with Gasteiger partial charge in [-0.15, -0.1) is 0 Å². The first-order valence-corrected chi connectivity index (χ1v) is 7.78. The molecule has 0 aliphatic rings. The van der Waals surface area contributed by atoms with E-state index in [9.17, 15) is 17.8 Å². The fourth-order valence-electron chi connectivity index (χ4n) is 1.64. The molecule has 110 valence electrons. The molecule has 0 heterocycles. The molecular weight excluding hydrogens is 341 g/mol. The summed E-state index contributed by atoms with van der Waals surface area (Å²) in [4.78, 5) is 12.1. The van der Waals surface area contributed by atoms with Crippen LogP contribution in [0.3, 0.4) is 0 Å². The topological polar surface area (TPSA) is 34.1 Å². The molecular formula is C14H8Cl2F2O2S. The summed E-state index contributed by atoms with van der Waals surface area (Å²) in [5, 5.41) is 0.359. The van der Waals surface area contributed by atoms with Crippen LogP contribution in [0.5, 0.6) is 0 Å². The SMILES string of the molecule is O=C(CS(=O)c1c(Cl)cccc1Cl)c1ccc(F)c(F)c1. The Morgan fingerprint density at radius 3 is 2.24 bits per heavy atom. The van der Waals surface area contributed by atoms with E-state index in [1.54, 1.807) is 6.07 Å². The number of halogens is 4. The average Bonchev–Trinajstić information content (AvgIpc) is 2.41. The number of carbonyl (C=O) groups is 1. The smallest absolute Gasteiger partial charge is 0.175 e. The van der Waals surface area contributed by atoms with Gasteiger partial charge in [0, 0.05) is 5.56 Å². The Balaban J connectivity index is 2.23. The first-order valence-electron chi connectivity index (χ1n) is 5.71. The van der Waals surface area contributed by atoms with Crippen LogP contribution >= 0.6 is 23.2 Å². The predicted molar refractivity (Wildman–Crippen MR) is 78.4 cm³/mol. The molecule has 2 aromatic rings. The summed E-state index contributed by atoms with van der Waals surface area (Å²) in [6, 6.07) is 7.33. The molecule has 0 aliphatic carbocycles. The maximum atomic E-state index is 13.1. The Morgan fingerprint density at radius 2 is 1.67 bits per heavy atom. The van der Waals surface area contributed by atoms with Crippen molar-refractivity contribution in [1.29, 1.82) is 0 Å². The number of rotatable bonds is 4. The number of ketones is 1. The summed E-state index contributed by atoms with van der Waals surface area (Å²) in [6.07, 6.45) is 0. The highest BCUT2D eigenvalue weighted by atomic mass is 35.5. The molecule has 1 atom stereocenters. The standard InChI is InChI=1S/C14H8Cl2F2O2S/c15-9-2-1-3-10(16)14(9)21(20)7-13(19)8-4-5-11(17)12(18)6-8/h1-6H,7H2. The van der Waals surface area contributed by atoms with E-state index >= 15 is 0 Å². The second-order valence-electron chi connectivity index (χ2n) is 4.09. The van der Waals surface area contributed by atoms with Crippen LogP contribution in [-0.4, -0.2) is 15.7 Å². The molecule has 0 N–H and O–H groups in total. The monoisotopic (exact) mass is 348 g/mol. The van der Waals surface area contributed by atoms with Gasteiger partial charge in [-0.1, -0.05) is 29.3 Å². The Bertz CT molecular complexity index is 715. The zero-order valence-corrected chi connectivity index (χ0v) is 12.7. The molecule has 0 amide bonds. The lowest BCUT2D eigenvalue weighted by atomic mass is 10.1. The molecule has 2 rings (SSSR count). The summed E-state index contributed by atoms with van der Waals surface area (Å²) in [7, 11) is -1.78. The van der Waals surface area contributed by atoms with Crippen LogP contribution in [0, 0.1) is 11.6 Å². The summed E-state index contributed by atoms with van der Waals surface area (Å²) >= 11 is 11.8. The van der Waals surface area contributed by atoms with Gasteiger partial charge in [-0.3, -0.25) is 9.00 Å². The molecule has 0 spiro atoms. The van der Waals surface area contributed by atoms with Crippen LogP contribution in [0.2, 0.25) is 10.0 Å². The molecule has 0 fully saturated rings. The number of hydrogen-bond donors (Lipinski definition) is 0. The fraction of sp³-hybridized carbons (Fsp3) is 0.0714. The van der Waals surface area contributed by atoms with Crippen molar-refractivity contribution >= 4 is 39.8 Å². The van der Waals surface area contributed by atoms with Crippen molar-refractivity contribution in [2.75, 3.05) is 5.75 Å². The number of hydrogen-bond acceptors (Lipinski definition) is 2. The van der Waals surface area contributed by atoms with Gasteiger partial charge in [-0.05, 0) is 30.3 Å². The van der Waals surface area contributed by atoms with E-state index in [1.165, 1.54) is 12.1 Å². The van der Waals surface area contributed by atoms with Crippen LogP contribution in [-0.2, 0) is 10.8 Å². The van der Waals surface area contributed by atoms with E-state index in [-0.39, 0.29) is 20.5 Å². The van der Waals surface area contributed by atoms with E-state index in [0.717, 1.165) is 18.2 Å². The first kappa shape index (κ1) is 16.1. The van der Waals surface area contributed by atoms with Crippen molar-refractivity contribution in [3.8, 4) is 0 Å². The number of carbonyl (C=O) groups excluding carboxylic acids is 1. The third kappa shape index (κ3) is 3.67. The minimum atomic E-state index is -1.78. The van der Waals surface area contributed by atoms with E-state index in [1.807, 2.05) is 0 Å². The van der Waals surface area contributed by atoms with Gasteiger partial charge in [-0.25, -0.2) is 8.78 Å². The van der Waals surface area contributed by atoms with Crippen LogP contribution in [0.4, 0.5) is 8.78 Å². The van der Waals surface area contributed by atoms with Gasteiger partial charge in [0.15, 0.2) is 17.4 Å². The van der Waals surface area contributed by atoms with E-state index in [4.69, 9.17) is 23.2 Å². The molecule has 2 aromatic carbocycles. The van der Waals surface area contributed by atoms with Crippen molar-refractivity contribution in [3.63, 3.8) is 0 Å². The Hall–Kier alpha value is -1.30. The maximum absolute atomic E-state index is 13.1. The molecule has 0 bridgehead atoms. The first-order chi connectivity index (χ1) is 9.90. The molecule has 1 unspecified atom stereocenters. The molecule has 2 nitrogen and oxygen atoms in total. The van der Waals surface area contributed by atoms with E-state index in [0.29, 0.717) is 0 Å². The third-order valence-corrected chi connectivity index (χ3v) is 4.92. The zero-order chi connectivity index (χ0) is 15.6. The number of benzene rings is 2. The average molecular weight is 349 g/mol. The van der Waals surface area contributed by atoms with Gasteiger partial charge in [0.05, 0.1) is 31.5 Å². The second-order valence-corrected chi connectivity index (χ2v) is 6.30. The van der Waals surface area contributed by atoms with Gasteiger partial charge in [0.1, 0.15) is 0 Å². The summed E-state index contributed by atoms with van der Waals surface area (Å²) < 4.78 is 38.1. The Kier molecular flexibility index (Phi) is 5.08. The lowest BCUT2D eigenvalue weighted by Crippen LogP contribution is -2.12. The van der Waals surface area contributed by atoms with Crippen LogP contribution in [0.25, 0.3) is 0 Å². The van der Waals surface area contributed by atoms with E-state index < -0.39 is 34.0 Å². The largest absolute Gasteiger partial charge is 0.293 e. The molecule has 7 heteroatoms. The molecule has 0 radical (unpaired) electrons. The van der Waals surface area contributed by atoms with Crippen molar-refractivity contribution in [2.24, 2.45) is 0 Å². The van der Waals surface area contributed by atoms with Gasteiger partial charge < -0.3 is 0 Å². The van der Waals surface area contributed by atoms with E-state index in [2.05, 4.69) is 0 Å². The lowest BCUT2D eigenvalue weighted by molar-refractivity contribution is 0.102. The van der Waals surface area contributed by atoms with Crippen LogP contribution < -0.4 is 0 Å². The molecule has 0 aromatic heterocycles. The summed E-state index contributed by atoms with van der Waals surface area (Å²) in [6.45, 7) is 0. The molecule has 0 aliphatic heterocycles. The Labute approximate surface area is 132 Å². The molecule has 21 heavy (non-hydrogen) atoms. The van der Waals surface area contributed by atoms with Crippen LogP contribution in [0.15, 0.2) is 41.3 Å². The minimum absolute atomic E-state index is 0.0644. The summed E-state index contributed by atoms with van der Waals surface area (Å²) in [5.74, 6) is -3.21. The minimum Gasteiger partial charge on any atom is -0.293 e. The second kappa shape index (κ2) is 6.64. The van der Waals surface area contributed by atoms with Gasteiger partial charge >= 0.3 is 0 Å². The molecule has 0 saturated carbocycles. The maximum Gasteiger partial charge on any atom is 0.175 e. The fourth-order valence-corrected chi connectivity index (χ4v) is 3.68. The summed E-state index contributed by atoms with van der Waals surface area (Å²) in [5.41, 5.74) is -0.0644. The van der Waals surface area contributed by atoms with Crippen molar-refractivity contribution in [1.82, 2.24) is 0 Å². The molecule has 0 saturated heterocycles. The third-order valence-electron chi connectivity index (χ3n) is 2.65. The van der Waals surface area contributed by atoms with Gasteiger partial charge in [-0.2, -0.15) is 0 Å². The predicted octanol–water partition coefficient (Wildman–Crippen LogP) is 4.26. The zero-order valence-electron chi connectivity index (χ0n) is 10.4. The number of Topliss-reactive ketones (excluding diaryl/α,β-unsaturated/α-hetero) is 1. The van der Waals surface area contributed by atoms with Gasteiger partial charge in [0.2, 0.25) is 0 Å². The highest BCUT2D eigenvalue weighted by Gasteiger charge is 2.18. The van der Waals surface area contributed by atoms with Crippen molar-refractivity contribution in [2.45, 2.75) is 4.90 Å². The van der Waals surface area contributed by atoms with Crippen molar-refractivity contribution in [3.05, 3.63) is 63.6 Å². The van der Waals surface area contributed by atoms with Crippen LogP contribution in [0.1, 0.15) is 10.4 Å². The lowest BCUT2D eigenvalue weighted by Gasteiger charge is -2.06. The van der Waals surface area contributed by atoms with Crippen molar-refractivity contribution < 1.29 is 17.8 Å². The Morgan fingerprint density at radius 1 is 1.05 bits per heavy atom.